The molecule has 1 heterocycles. The van der Waals surface area contributed by atoms with E-state index in [0.717, 1.165) is 0 Å². The quantitative estimate of drug-likeness (QED) is 0.671. The summed E-state index contributed by atoms with van der Waals surface area (Å²) in [5.74, 6) is -3.38. The molecule has 0 unspecified atom stereocenters. The number of para-hydroxylation sites is 2. The lowest BCUT2D eigenvalue weighted by Gasteiger charge is -2.09. The largest absolute Gasteiger partial charge is 0.506 e. The van der Waals surface area contributed by atoms with E-state index in [4.69, 9.17) is 0 Å². The molecule has 7 heteroatoms. The Morgan fingerprint density at radius 3 is 2.70 bits per heavy atom. The van der Waals surface area contributed by atoms with E-state index in [1.54, 1.807) is 12.1 Å². The number of rotatable bonds is 4. The number of hydrogen-bond donors (Lipinski definition) is 2. The van der Waals surface area contributed by atoms with Crippen molar-refractivity contribution in [3.8, 4) is 5.75 Å². The van der Waals surface area contributed by atoms with E-state index >= 15 is 0 Å². The van der Waals surface area contributed by atoms with Gasteiger partial charge in [0.05, 0.1) is 11.3 Å². The van der Waals surface area contributed by atoms with Crippen molar-refractivity contribution in [1.82, 2.24) is 4.98 Å². The molecule has 0 radical (unpaired) electrons. The molecule has 0 spiro atoms. The fourth-order valence-electron chi connectivity index (χ4n) is 1.51. The number of aromatic nitrogens is 1. The van der Waals surface area contributed by atoms with Gasteiger partial charge in [0, 0.05) is 6.20 Å². The summed E-state index contributed by atoms with van der Waals surface area (Å²) in [5.41, 5.74) is 0.232. The smallest absolute Gasteiger partial charge is 0.290 e. The molecule has 0 saturated carbocycles. The number of nitrogens with one attached hydrogen (secondary N) is 1. The van der Waals surface area contributed by atoms with Crippen LogP contribution in [0, 0.1) is 0 Å². The Hall–Kier alpha value is -2.15. The van der Waals surface area contributed by atoms with Gasteiger partial charge in [-0.05, 0) is 36.0 Å². The van der Waals surface area contributed by atoms with Crippen molar-refractivity contribution in [2.75, 3.05) is 5.32 Å². The molecule has 0 bridgehead atoms. The SMILES string of the molecule is O=C(Nc1ccccc1O)c1cccnc1SC(F)F. The highest BCUT2D eigenvalue weighted by atomic mass is 32.2. The van der Waals surface area contributed by atoms with Crippen molar-refractivity contribution in [3.05, 3.63) is 48.2 Å². The molecule has 0 fully saturated rings. The predicted molar refractivity (Wildman–Crippen MR) is 72.2 cm³/mol. The van der Waals surface area contributed by atoms with Gasteiger partial charge >= 0.3 is 0 Å². The van der Waals surface area contributed by atoms with Crippen LogP contribution in [0.4, 0.5) is 14.5 Å². The van der Waals surface area contributed by atoms with E-state index in [2.05, 4.69) is 10.3 Å². The highest BCUT2D eigenvalue weighted by Crippen LogP contribution is 2.28. The highest BCUT2D eigenvalue weighted by molar-refractivity contribution is 7.99. The number of nitrogens with zero attached hydrogens (tertiary/aromatic N) is 1. The van der Waals surface area contributed by atoms with Gasteiger partial charge in [0.1, 0.15) is 10.8 Å². The Morgan fingerprint density at radius 2 is 2.00 bits per heavy atom. The van der Waals surface area contributed by atoms with Crippen molar-refractivity contribution < 1.29 is 18.7 Å². The van der Waals surface area contributed by atoms with E-state index < -0.39 is 11.7 Å². The summed E-state index contributed by atoms with van der Waals surface area (Å²) in [5, 5.41) is 12.0. The summed E-state index contributed by atoms with van der Waals surface area (Å²) in [6.07, 6.45) is 1.33. The first-order chi connectivity index (χ1) is 9.58. The average Bonchev–Trinajstić information content (AvgIpc) is 2.41. The number of halogens is 2. The topological polar surface area (TPSA) is 62.2 Å². The maximum atomic E-state index is 12.4. The molecule has 0 atom stereocenters. The Labute approximate surface area is 117 Å². The Balaban J connectivity index is 2.23. The van der Waals surface area contributed by atoms with Gasteiger partial charge in [-0.3, -0.25) is 4.79 Å². The minimum Gasteiger partial charge on any atom is -0.506 e. The Kier molecular flexibility index (Phi) is 4.52. The number of alkyl halides is 2. The van der Waals surface area contributed by atoms with E-state index in [9.17, 15) is 18.7 Å². The molecule has 20 heavy (non-hydrogen) atoms. The summed E-state index contributed by atoms with van der Waals surface area (Å²) in [7, 11) is 0. The zero-order valence-corrected chi connectivity index (χ0v) is 10.9. The molecule has 104 valence electrons. The second-order valence-electron chi connectivity index (χ2n) is 3.71. The molecule has 2 rings (SSSR count). The molecule has 0 saturated heterocycles. The van der Waals surface area contributed by atoms with Crippen LogP contribution < -0.4 is 5.32 Å². The maximum Gasteiger partial charge on any atom is 0.290 e. The summed E-state index contributed by atoms with van der Waals surface area (Å²) in [4.78, 5) is 15.8. The lowest BCUT2D eigenvalue weighted by molar-refractivity contribution is 0.102. The molecule has 0 aliphatic carbocycles. The third kappa shape index (κ3) is 3.45. The summed E-state index contributed by atoms with van der Waals surface area (Å²) in [6.45, 7) is 0. The normalized spacial score (nSPS) is 10.6. The summed E-state index contributed by atoms with van der Waals surface area (Å²) < 4.78 is 24.8. The number of phenolic OH excluding ortho intramolecular Hbond substituents is 1. The zero-order chi connectivity index (χ0) is 14.5. The maximum absolute atomic E-state index is 12.4. The van der Waals surface area contributed by atoms with Gasteiger partial charge in [-0.2, -0.15) is 8.78 Å². The number of phenols is 1. The molecule has 0 aliphatic heterocycles. The first-order valence-electron chi connectivity index (χ1n) is 5.57. The molecule has 1 aromatic heterocycles. The van der Waals surface area contributed by atoms with Crippen LogP contribution in [0.2, 0.25) is 0 Å². The van der Waals surface area contributed by atoms with E-state index in [1.807, 2.05) is 0 Å². The van der Waals surface area contributed by atoms with Crippen LogP contribution in [-0.4, -0.2) is 21.8 Å². The molecular weight excluding hydrogens is 286 g/mol. The van der Waals surface area contributed by atoms with Crippen LogP contribution in [0.5, 0.6) is 5.75 Å². The fourth-order valence-corrected chi connectivity index (χ4v) is 2.09. The predicted octanol–water partition coefficient (Wildman–Crippen LogP) is 3.35. The number of anilines is 1. The monoisotopic (exact) mass is 296 g/mol. The van der Waals surface area contributed by atoms with Gasteiger partial charge in [-0.15, -0.1) is 0 Å². The van der Waals surface area contributed by atoms with Crippen LogP contribution in [0.15, 0.2) is 47.6 Å². The van der Waals surface area contributed by atoms with Crippen molar-refractivity contribution in [2.45, 2.75) is 10.8 Å². The van der Waals surface area contributed by atoms with E-state index in [0.29, 0.717) is 0 Å². The number of benzene rings is 1. The third-order valence-corrected chi connectivity index (χ3v) is 3.10. The third-order valence-electron chi connectivity index (χ3n) is 2.37. The molecule has 1 amide bonds. The molecule has 4 nitrogen and oxygen atoms in total. The van der Waals surface area contributed by atoms with Crippen LogP contribution in [0.1, 0.15) is 10.4 Å². The number of hydrogen-bond acceptors (Lipinski definition) is 4. The summed E-state index contributed by atoms with van der Waals surface area (Å²) in [6, 6.07) is 9.03. The van der Waals surface area contributed by atoms with Crippen LogP contribution in [0.3, 0.4) is 0 Å². The minimum absolute atomic E-state index is 0.0288. The number of aromatic hydroxyl groups is 1. The number of pyridine rings is 1. The highest BCUT2D eigenvalue weighted by Gasteiger charge is 2.17. The van der Waals surface area contributed by atoms with Crippen molar-refractivity contribution in [2.24, 2.45) is 0 Å². The van der Waals surface area contributed by atoms with Gasteiger partial charge in [0.25, 0.3) is 11.7 Å². The molecular formula is C13H10F2N2O2S. The van der Waals surface area contributed by atoms with Crippen LogP contribution in [-0.2, 0) is 0 Å². The van der Waals surface area contributed by atoms with Crippen molar-refractivity contribution in [1.29, 1.82) is 0 Å². The van der Waals surface area contributed by atoms with Gasteiger partial charge in [-0.1, -0.05) is 12.1 Å². The van der Waals surface area contributed by atoms with E-state index in [1.165, 1.54) is 30.5 Å². The van der Waals surface area contributed by atoms with Gasteiger partial charge in [-0.25, -0.2) is 4.98 Å². The molecule has 0 aliphatic rings. The second-order valence-corrected chi connectivity index (χ2v) is 4.68. The number of carbonyl (C=O) groups is 1. The molecule has 1 aromatic carbocycles. The Morgan fingerprint density at radius 1 is 1.25 bits per heavy atom. The second kappa shape index (κ2) is 6.33. The zero-order valence-electron chi connectivity index (χ0n) is 10.1. The number of amides is 1. The number of carbonyl (C=O) groups excluding carboxylic acids is 1. The van der Waals surface area contributed by atoms with Gasteiger partial charge in [0.15, 0.2) is 0 Å². The summed E-state index contributed by atoms with van der Waals surface area (Å²) >= 11 is 0.200. The average molecular weight is 296 g/mol. The van der Waals surface area contributed by atoms with Crippen molar-refractivity contribution >= 4 is 23.4 Å². The van der Waals surface area contributed by atoms with Gasteiger partial charge in [0.2, 0.25) is 0 Å². The number of thioether (sulfide) groups is 1. The van der Waals surface area contributed by atoms with Crippen LogP contribution >= 0.6 is 11.8 Å². The lowest BCUT2D eigenvalue weighted by Crippen LogP contribution is -2.14. The molecule has 2 aromatic rings. The Bertz CT molecular complexity index is 623. The first kappa shape index (κ1) is 14.3. The van der Waals surface area contributed by atoms with Gasteiger partial charge < -0.3 is 10.4 Å². The minimum atomic E-state index is -2.67. The van der Waals surface area contributed by atoms with Crippen molar-refractivity contribution in [3.63, 3.8) is 0 Å². The van der Waals surface area contributed by atoms with Crippen LogP contribution in [0.25, 0.3) is 0 Å². The van der Waals surface area contributed by atoms with E-state index in [-0.39, 0.29) is 33.8 Å². The lowest BCUT2D eigenvalue weighted by atomic mass is 10.2. The fraction of sp³-hybridized carbons (Fsp3) is 0.0769. The standard InChI is InChI=1S/C13H10F2N2O2S/c14-13(15)20-12-8(4-3-7-16-12)11(19)17-9-5-1-2-6-10(9)18/h1-7,13,18H,(H,17,19). The molecule has 2 N–H and O–H groups in total. The first-order valence-corrected chi connectivity index (χ1v) is 6.45.